The Morgan fingerprint density at radius 2 is 2.00 bits per heavy atom. The van der Waals surface area contributed by atoms with Crippen molar-refractivity contribution in [1.82, 2.24) is 4.90 Å². The first-order valence-electron chi connectivity index (χ1n) is 6.44. The fourth-order valence-electron chi connectivity index (χ4n) is 2.67. The van der Waals surface area contributed by atoms with Crippen molar-refractivity contribution < 1.29 is 4.74 Å². The summed E-state index contributed by atoms with van der Waals surface area (Å²) in [5.41, 5.74) is 5.84. The third-order valence-electron chi connectivity index (χ3n) is 3.60. The van der Waals surface area contributed by atoms with Crippen LogP contribution in [-0.2, 0) is 4.74 Å². The Kier molecular flexibility index (Phi) is 4.42. The number of nitrogens with two attached hydrogens (primary N) is 1. The molecule has 2 aliphatic rings. The summed E-state index contributed by atoms with van der Waals surface area (Å²) in [4.78, 5) is 2.55. The predicted octanol–water partition coefficient (Wildman–Crippen LogP) is 1.37. The van der Waals surface area contributed by atoms with Gasteiger partial charge in [-0.05, 0) is 51.6 Å². The van der Waals surface area contributed by atoms with E-state index in [1.807, 2.05) is 0 Å². The Bertz CT molecular complexity index is 180. The van der Waals surface area contributed by atoms with E-state index in [0.717, 1.165) is 19.4 Å². The highest BCUT2D eigenvalue weighted by molar-refractivity contribution is 4.78. The van der Waals surface area contributed by atoms with Crippen LogP contribution < -0.4 is 5.73 Å². The summed E-state index contributed by atoms with van der Waals surface area (Å²) in [6, 6.07) is 0.397. The van der Waals surface area contributed by atoms with Crippen LogP contribution in [0.5, 0.6) is 0 Å². The van der Waals surface area contributed by atoms with E-state index >= 15 is 0 Å². The van der Waals surface area contributed by atoms with Gasteiger partial charge in [0.15, 0.2) is 0 Å². The predicted molar refractivity (Wildman–Crippen MR) is 61.9 cm³/mol. The zero-order chi connectivity index (χ0) is 10.5. The van der Waals surface area contributed by atoms with Crippen LogP contribution in [-0.4, -0.2) is 43.3 Å². The van der Waals surface area contributed by atoms with Crippen molar-refractivity contribution in [3.8, 4) is 0 Å². The molecule has 0 aromatic carbocycles. The van der Waals surface area contributed by atoms with Crippen molar-refractivity contribution in [2.45, 2.75) is 50.7 Å². The molecule has 1 saturated heterocycles. The standard InChI is InChI=1S/C12H24N2O/c13-11-4-5-12(10-11)15-9-3-8-14-6-1-2-7-14/h11-12H,1-10,13H2. The molecule has 2 unspecified atom stereocenters. The molecular formula is C12H24N2O. The lowest BCUT2D eigenvalue weighted by Crippen LogP contribution is -2.23. The van der Waals surface area contributed by atoms with Crippen molar-refractivity contribution >= 4 is 0 Å². The van der Waals surface area contributed by atoms with Crippen molar-refractivity contribution in [2.24, 2.45) is 5.73 Å². The lowest BCUT2D eigenvalue weighted by molar-refractivity contribution is 0.0519. The van der Waals surface area contributed by atoms with Gasteiger partial charge in [-0.25, -0.2) is 0 Å². The first kappa shape index (κ1) is 11.4. The third-order valence-corrected chi connectivity index (χ3v) is 3.60. The largest absolute Gasteiger partial charge is 0.378 e. The minimum absolute atomic E-state index is 0.397. The molecule has 0 aromatic heterocycles. The van der Waals surface area contributed by atoms with Gasteiger partial charge in [0.1, 0.15) is 0 Å². The van der Waals surface area contributed by atoms with Crippen molar-refractivity contribution in [3.63, 3.8) is 0 Å². The van der Waals surface area contributed by atoms with E-state index in [1.54, 1.807) is 0 Å². The molecule has 0 bridgehead atoms. The molecule has 0 spiro atoms. The van der Waals surface area contributed by atoms with Crippen molar-refractivity contribution in [2.75, 3.05) is 26.2 Å². The minimum atomic E-state index is 0.397. The summed E-state index contributed by atoms with van der Waals surface area (Å²) in [5, 5.41) is 0. The summed E-state index contributed by atoms with van der Waals surface area (Å²) in [7, 11) is 0. The zero-order valence-electron chi connectivity index (χ0n) is 9.66. The summed E-state index contributed by atoms with van der Waals surface area (Å²) in [6.45, 7) is 4.75. The van der Waals surface area contributed by atoms with Crippen LogP contribution in [0.4, 0.5) is 0 Å². The topological polar surface area (TPSA) is 38.5 Å². The van der Waals surface area contributed by atoms with Gasteiger partial charge in [-0.2, -0.15) is 0 Å². The molecule has 3 nitrogen and oxygen atoms in total. The van der Waals surface area contributed by atoms with Crippen LogP contribution in [0.15, 0.2) is 0 Å². The summed E-state index contributed by atoms with van der Waals surface area (Å²) in [5.74, 6) is 0. The highest BCUT2D eigenvalue weighted by Crippen LogP contribution is 2.20. The van der Waals surface area contributed by atoms with Crippen molar-refractivity contribution in [1.29, 1.82) is 0 Å². The second kappa shape index (κ2) is 5.83. The van der Waals surface area contributed by atoms with Crippen molar-refractivity contribution in [3.05, 3.63) is 0 Å². The van der Waals surface area contributed by atoms with Crippen LogP contribution in [0.3, 0.4) is 0 Å². The lowest BCUT2D eigenvalue weighted by atomic mass is 10.3. The van der Waals surface area contributed by atoms with E-state index in [1.165, 1.54) is 45.3 Å². The van der Waals surface area contributed by atoms with Gasteiger partial charge < -0.3 is 15.4 Å². The molecular weight excluding hydrogens is 188 g/mol. The average molecular weight is 212 g/mol. The van der Waals surface area contributed by atoms with Gasteiger partial charge in [-0.3, -0.25) is 0 Å². The lowest BCUT2D eigenvalue weighted by Gasteiger charge is -2.16. The number of hydrogen-bond acceptors (Lipinski definition) is 3. The second-order valence-corrected chi connectivity index (χ2v) is 4.97. The number of hydrogen-bond donors (Lipinski definition) is 1. The molecule has 15 heavy (non-hydrogen) atoms. The Morgan fingerprint density at radius 1 is 1.20 bits per heavy atom. The number of nitrogens with zero attached hydrogens (tertiary/aromatic N) is 1. The van der Waals surface area contributed by atoms with Gasteiger partial charge in [0.2, 0.25) is 0 Å². The van der Waals surface area contributed by atoms with Crippen LogP contribution in [0.25, 0.3) is 0 Å². The molecule has 2 atom stereocenters. The molecule has 88 valence electrons. The van der Waals surface area contributed by atoms with E-state index in [-0.39, 0.29) is 0 Å². The van der Waals surface area contributed by atoms with Gasteiger partial charge in [-0.15, -0.1) is 0 Å². The van der Waals surface area contributed by atoms with Gasteiger partial charge in [-0.1, -0.05) is 0 Å². The van der Waals surface area contributed by atoms with Gasteiger partial charge >= 0.3 is 0 Å². The summed E-state index contributed by atoms with van der Waals surface area (Å²) < 4.78 is 5.83. The zero-order valence-corrected chi connectivity index (χ0v) is 9.66. The van der Waals surface area contributed by atoms with Crippen LogP contribution >= 0.6 is 0 Å². The number of rotatable bonds is 5. The Morgan fingerprint density at radius 3 is 2.67 bits per heavy atom. The molecule has 1 heterocycles. The van der Waals surface area contributed by atoms with E-state index in [4.69, 9.17) is 10.5 Å². The molecule has 1 aliphatic carbocycles. The first-order chi connectivity index (χ1) is 7.34. The molecule has 0 amide bonds. The Hall–Kier alpha value is -0.120. The monoisotopic (exact) mass is 212 g/mol. The molecule has 1 saturated carbocycles. The van der Waals surface area contributed by atoms with Gasteiger partial charge in [0.05, 0.1) is 6.10 Å². The Balaban J connectivity index is 1.48. The maximum atomic E-state index is 5.84. The first-order valence-corrected chi connectivity index (χ1v) is 6.44. The van der Waals surface area contributed by atoms with Crippen LogP contribution in [0.1, 0.15) is 38.5 Å². The van der Waals surface area contributed by atoms with Crippen LogP contribution in [0, 0.1) is 0 Å². The molecule has 2 fully saturated rings. The molecule has 2 N–H and O–H groups in total. The van der Waals surface area contributed by atoms with E-state index in [2.05, 4.69) is 4.90 Å². The van der Waals surface area contributed by atoms with Gasteiger partial charge in [0.25, 0.3) is 0 Å². The highest BCUT2D eigenvalue weighted by Gasteiger charge is 2.21. The summed E-state index contributed by atoms with van der Waals surface area (Å²) in [6.07, 6.45) is 7.81. The van der Waals surface area contributed by atoms with Gasteiger partial charge in [0, 0.05) is 19.2 Å². The second-order valence-electron chi connectivity index (χ2n) is 4.97. The normalized spacial score (nSPS) is 32.6. The minimum Gasteiger partial charge on any atom is -0.378 e. The van der Waals surface area contributed by atoms with E-state index < -0.39 is 0 Å². The number of ether oxygens (including phenoxy) is 1. The fraction of sp³-hybridized carbons (Fsp3) is 1.00. The van der Waals surface area contributed by atoms with E-state index in [9.17, 15) is 0 Å². The summed E-state index contributed by atoms with van der Waals surface area (Å²) >= 11 is 0. The quantitative estimate of drug-likeness (QED) is 0.700. The molecule has 3 heteroatoms. The average Bonchev–Trinajstić information content (AvgIpc) is 2.84. The SMILES string of the molecule is NC1CCC(OCCCN2CCCC2)C1. The molecule has 1 aliphatic heterocycles. The maximum Gasteiger partial charge on any atom is 0.0590 e. The fourth-order valence-corrected chi connectivity index (χ4v) is 2.67. The van der Waals surface area contributed by atoms with Crippen LogP contribution in [0.2, 0.25) is 0 Å². The highest BCUT2D eigenvalue weighted by atomic mass is 16.5. The molecule has 0 aromatic rings. The maximum absolute atomic E-state index is 5.84. The van der Waals surface area contributed by atoms with E-state index in [0.29, 0.717) is 12.1 Å². The molecule has 2 rings (SSSR count). The Labute approximate surface area is 93.0 Å². The third kappa shape index (κ3) is 3.74. The smallest absolute Gasteiger partial charge is 0.0590 e. The molecule has 0 radical (unpaired) electrons. The number of likely N-dealkylation sites (tertiary alicyclic amines) is 1.